The molecule has 1 N–H and O–H groups in total. The first-order valence-corrected chi connectivity index (χ1v) is 8.27. The molecule has 2 heterocycles. The first kappa shape index (κ1) is 16.5. The van der Waals surface area contributed by atoms with Crippen molar-refractivity contribution in [3.63, 3.8) is 0 Å². The highest BCUT2D eigenvalue weighted by Crippen LogP contribution is 2.24. The van der Waals surface area contributed by atoms with Crippen LogP contribution in [0, 0.1) is 6.92 Å². The monoisotopic (exact) mass is 329 g/mol. The first-order chi connectivity index (χ1) is 11.7. The van der Waals surface area contributed by atoms with Crippen LogP contribution in [0.25, 0.3) is 0 Å². The largest absolute Gasteiger partial charge is 0.488 e. The summed E-state index contributed by atoms with van der Waals surface area (Å²) < 4.78 is 16.9. The van der Waals surface area contributed by atoms with Crippen molar-refractivity contribution in [2.24, 2.45) is 0 Å². The normalized spacial score (nSPS) is 16.8. The van der Waals surface area contributed by atoms with Crippen molar-refractivity contribution in [3.8, 4) is 11.6 Å². The van der Waals surface area contributed by atoms with Crippen molar-refractivity contribution in [1.29, 1.82) is 0 Å². The van der Waals surface area contributed by atoms with E-state index >= 15 is 0 Å². The maximum atomic E-state index is 6.11. The molecule has 1 fully saturated rings. The molecule has 1 aromatic carbocycles. The van der Waals surface area contributed by atoms with E-state index in [2.05, 4.69) is 40.4 Å². The molecule has 0 bridgehead atoms. The van der Waals surface area contributed by atoms with Gasteiger partial charge in [0, 0.05) is 18.5 Å². The van der Waals surface area contributed by atoms with E-state index in [1.54, 1.807) is 12.4 Å². The third-order valence-electron chi connectivity index (χ3n) is 3.77. The topological polar surface area (TPSA) is 65.5 Å². The van der Waals surface area contributed by atoms with Crippen molar-refractivity contribution in [1.82, 2.24) is 9.97 Å². The molecule has 1 aromatic heterocycles. The number of benzene rings is 1. The Labute approximate surface area is 142 Å². The van der Waals surface area contributed by atoms with Crippen molar-refractivity contribution in [3.05, 3.63) is 41.7 Å². The van der Waals surface area contributed by atoms with Gasteiger partial charge < -0.3 is 19.5 Å². The molecule has 1 atom stereocenters. The number of hydrogen-bond acceptors (Lipinski definition) is 6. The Morgan fingerprint density at radius 2 is 2.25 bits per heavy atom. The van der Waals surface area contributed by atoms with Gasteiger partial charge in [-0.25, -0.2) is 0 Å². The third-order valence-corrected chi connectivity index (χ3v) is 3.77. The molecule has 1 aliphatic rings. The summed E-state index contributed by atoms with van der Waals surface area (Å²) in [4.78, 5) is 8.51. The molecule has 1 unspecified atom stereocenters. The number of aryl methyl sites for hydroxylation is 1. The summed E-state index contributed by atoms with van der Waals surface area (Å²) in [6, 6.07) is 6.22. The lowest BCUT2D eigenvalue weighted by molar-refractivity contribution is 0.140. The van der Waals surface area contributed by atoms with E-state index in [-0.39, 0.29) is 6.10 Å². The number of nitrogens with one attached hydrogen (secondary N) is 1. The van der Waals surface area contributed by atoms with Crippen LogP contribution in [0.1, 0.15) is 24.5 Å². The van der Waals surface area contributed by atoms with Gasteiger partial charge in [0.15, 0.2) is 0 Å². The van der Waals surface area contributed by atoms with E-state index < -0.39 is 0 Å². The van der Waals surface area contributed by atoms with Crippen LogP contribution in [0.5, 0.6) is 11.6 Å². The molecule has 0 amide bonds. The molecule has 0 spiro atoms. The van der Waals surface area contributed by atoms with E-state index in [0.29, 0.717) is 31.5 Å². The molecule has 1 aliphatic heterocycles. The highest BCUT2D eigenvalue weighted by molar-refractivity contribution is 5.41. The fraction of sp³-hybridized carbons (Fsp3) is 0.444. The molecule has 6 nitrogen and oxygen atoms in total. The van der Waals surface area contributed by atoms with Crippen LogP contribution in [0.2, 0.25) is 0 Å². The summed E-state index contributed by atoms with van der Waals surface area (Å²) in [5.41, 5.74) is 2.25. The molecule has 6 heteroatoms. The van der Waals surface area contributed by atoms with Gasteiger partial charge in [-0.05, 0) is 25.5 Å². The van der Waals surface area contributed by atoms with Crippen LogP contribution in [0.4, 0.5) is 5.82 Å². The zero-order chi connectivity index (χ0) is 16.8. The number of ether oxygens (including phenoxy) is 3. The van der Waals surface area contributed by atoms with Crippen LogP contribution in [-0.2, 0) is 11.3 Å². The summed E-state index contributed by atoms with van der Waals surface area (Å²) in [5.74, 6) is 2.09. The average Bonchev–Trinajstić information content (AvgIpc) is 3.08. The van der Waals surface area contributed by atoms with Gasteiger partial charge in [0.25, 0.3) is 0 Å². The van der Waals surface area contributed by atoms with E-state index in [0.717, 1.165) is 24.3 Å². The SMILES string of the molecule is CCOc1cncc(NCc2ccc(C)cc2OC2CCOC2)n1. The van der Waals surface area contributed by atoms with Crippen molar-refractivity contribution < 1.29 is 14.2 Å². The molecule has 128 valence electrons. The Morgan fingerprint density at radius 1 is 1.33 bits per heavy atom. The maximum absolute atomic E-state index is 6.11. The molecule has 24 heavy (non-hydrogen) atoms. The fourth-order valence-electron chi connectivity index (χ4n) is 2.54. The highest BCUT2D eigenvalue weighted by Gasteiger charge is 2.18. The summed E-state index contributed by atoms with van der Waals surface area (Å²) in [6.07, 6.45) is 4.35. The van der Waals surface area contributed by atoms with Crippen LogP contribution in [0.3, 0.4) is 0 Å². The Hall–Kier alpha value is -2.34. The zero-order valence-corrected chi connectivity index (χ0v) is 14.1. The molecule has 0 aliphatic carbocycles. The lowest BCUT2D eigenvalue weighted by atomic mass is 10.1. The second-order valence-corrected chi connectivity index (χ2v) is 5.74. The van der Waals surface area contributed by atoms with Gasteiger partial charge in [-0.15, -0.1) is 0 Å². The number of rotatable bonds is 7. The number of nitrogens with zero attached hydrogens (tertiary/aromatic N) is 2. The highest BCUT2D eigenvalue weighted by atomic mass is 16.5. The van der Waals surface area contributed by atoms with E-state index in [1.807, 2.05) is 6.92 Å². The summed E-state index contributed by atoms with van der Waals surface area (Å²) in [7, 11) is 0. The van der Waals surface area contributed by atoms with Gasteiger partial charge in [0.2, 0.25) is 5.88 Å². The van der Waals surface area contributed by atoms with Gasteiger partial charge in [-0.2, -0.15) is 4.98 Å². The van der Waals surface area contributed by atoms with Gasteiger partial charge in [-0.3, -0.25) is 4.98 Å². The predicted octanol–water partition coefficient (Wildman–Crippen LogP) is 2.96. The standard InChI is InChI=1S/C18H23N3O3/c1-3-23-18-11-19-10-17(21-18)20-9-14-5-4-13(2)8-16(14)24-15-6-7-22-12-15/h4-5,8,10-11,15H,3,6-7,9,12H2,1-2H3,(H,20,21). The van der Waals surface area contributed by atoms with Crippen LogP contribution >= 0.6 is 0 Å². The van der Waals surface area contributed by atoms with Crippen LogP contribution in [0.15, 0.2) is 30.6 Å². The zero-order valence-electron chi connectivity index (χ0n) is 14.1. The lowest BCUT2D eigenvalue weighted by Crippen LogP contribution is -2.17. The van der Waals surface area contributed by atoms with Crippen molar-refractivity contribution in [2.45, 2.75) is 32.9 Å². The maximum Gasteiger partial charge on any atom is 0.234 e. The van der Waals surface area contributed by atoms with Crippen LogP contribution in [-0.4, -0.2) is 35.9 Å². The summed E-state index contributed by atoms with van der Waals surface area (Å²) in [5, 5.41) is 3.28. The number of hydrogen-bond donors (Lipinski definition) is 1. The van der Waals surface area contributed by atoms with Crippen LogP contribution < -0.4 is 14.8 Å². The predicted molar refractivity (Wildman–Crippen MR) is 91.6 cm³/mol. The minimum atomic E-state index is 0.131. The van der Waals surface area contributed by atoms with Gasteiger partial charge >= 0.3 is 0 Å². The second-order valence-electron chi connectivity index (χ2n) is 5.74. The van der Waals surface area contributed by atoms with Gasteiger partial charge in [0.1, 0.15) is 17.7 Å². The van der Waals surface area contributed by atoms with Crippen molar-refractivity contribution >= 4 is 5.82 Å². The molecular formula is C18H23N3O3. The summed E-state index contributed by atoms with van der Waals surface area (Å²) >= 11 is 0. The van der Waals surface area contributed by atoms with E-state index in [1.165, 1.54) is 5.56 Å². The van der Waals surface area contributed by atoms with Gasteiger partial charge in [0.05, 0.1) is 32.2 Å². The first-order valence-electron chi connectivity index (χ1n) is 8.27. The number of aromatic nitrogens is 2. The molecule has 2 aromatic rings. The minimum absolute atomic E-state index is 0.131. The molecule has 0 radical (unpaired) electrons. The molecule has 0 saturated carbocycles. The molecule has 3 rings (SSSR count). The van der Waals surface area contributed by atoms with E-state index in [4.69, 9.17) is 14.2 Å². The van der Waals surface area contributed by atoms with Crippen molar-refractivity contribution in [2.75, 3.05) is 25.1 Å². The quantitative estimate of drug-likeness (QED) is 0.842. The average molecular weight is 329 g/mol. The molecular weight excluding hydrogens is 306 g/mol. The molecule has 1 saturated heterocycles. The smallest absolute Gasteiger partial charge is 0.234 e. The minimum Gasteiger partial charge on any atom is -0.488 e. The summed E-state index contributed by atoms with van der Waals surface area (Å²) in [6.45, 7) is 6.58. The Kier molecular flexibility index (Phi) is 5.48. The van der Waals surface area contributed by atoms with Gasteiger partial charge in [-0.1, -0.05) is 12.1 Å². The lowest BCUT2D eigenvalue weighted by Gasteiger charge is -2.17. The Balaban J connectivity index is 1.68. The fourth-order valence-corrected chi connectivity index (χ4v) is 2.54. The van der Waals surface area contributed by atoms with E-state index in [9.17, 15) is 0 Å². The number of anilines is 1. The Morgan fingerprint density at radius 3 is 3.04 bits per heavy atom. The Bertz CT molecular complexity index is 672. The third kappa shape index (κ3) is 4.35. The second kappa shape index (κ2) is 7.97.